The van der Waals surface area contributed by atoms with E-state index >= 15 is 0 Å². The fourth-order valence-electron chi connectivity index (χ4n) is 1.13. The third-order valence-electron chi connectivity index (χ3n) is 2.02. The van der Waals surface area contributed by atoms with E-state index in [4.69, 9.17) is 22.1 Å². The largest absolute Gasteiger partial charge is 0.491 e. The van der Waals surface area contributed by atoms with E-state index in [0.29, 0.717) is 17.3 Å². The first kappa shape index (κ1) is 12.8. The normalized spacial score (nSPS) is 9.94. The van der Waals surface area contributed by atoms with E-state index in [9.17, 15) is 4.79 Å². The maximum atomic E-state index is 10.8. The lowest BCUT2D eigenvalue weighted by atomic mass is 10.2. The van der Waals surface area contributed by atoms with Crippen LogP contribution in [0.5, 0.6) is 5.75 Å². The molecule has 0 spiro atoms. The number of nitrogens with two attached hydrogens (primary N) is 1. The Morgan fingerprint density at radius 3 is 2.81 bits per heavy atom. The summed E-state index contributed by atoms with van der Waals surface area (Å²) in [6, 6.07) is 5.32. The van der Waals surface area contributed by atoms with Crippen molar-refractivity contribution in [3.8, 4) is 5.75 Å². The van der Waals surface area contributed by atoms with Gasteiger partial charge in [0.2, 0.25) is 0 Å². The smallest absolute Gasteiger partial charge is 0.308 e. The zero-order valence-electron chi connectivity index (χ0n) is 9.03. The summed E-state index contributed by atoms with van der Waals surface area (Å²) in [6.07, 6.45) is 0.200. The van der Waals surface area contributed by atoms with Crippen LogP contribution in [0.4, 0.5) is 0 Å². The van der Waals surface area contributed by atoms with Crippen LogP contribution < -0.4 is 10.5 Å². The lowest BCUT2D eigenvalue weighted by Crippen LogP contribution is -2.07. The number of benzene rings is 1. The fourth-order valence-corrected chi connectivity index (χ4v) is 1.39. The second-order valence-corrected chi connectivity index (χ2v) is 3.55. The number of hydrogen-bond acceptors (Lipinski definition) is 4. The standard InChI is InChI=1S/C11H14ClNO3/c1-15-11(14)4-5-16-10-3-2-8(7-13)6-9(10)12/h2-3,6H,4-5,7,13H2,1H3. The number of hydrogen-bond donors (Lipinski definition) is 1. The van der Waals surface area contributed by atoms with Crippen molar-refractivity contribution >= 4 is 17.6 Å². The van der Waals surface area contributed by atoms with Gasteiger partial charge in [-0.05, 0) is 17.7 Å². The highest BCUT2D eigenvalue weighted by atomic mass is 35.5. The highest BCUT2D eigenvalue weighted by Gasteiger charge is 2.04. The van der Waals surface area contributed by atoms with Crippen LogP contribution in [-0.4, -0.2) is 19.7 Å². The summed E-state index contributed by atoms with van der Waals surface area (Å²) in [5, 5.41) is 0.493. The molecule has 0 atom stereocenters. The predicted octanol–water partition coefficient (Wildman–Crippen LogP) is 1.74. The number of methoxy groups -OCH3 is 1. The first-order valence-corrected chi connectivity index (χ1v) is 5.23. The first-order chi connectivity index (χ1) is 7.67. The van der Waals surface area contributed by atoms with Crippen molar-refractivity contribution in [2.45, 2.75) is 13.0 Å². The van der Waals surface area contributed by atoms with Crippen molar-refractivity contribution in [1.29, 1.82) is 0 Å². The third kappa shape index (κ3) is 3.72. The first-order valence-electron chi connectivity index (χ1n) is 4.85. The maximum absolute atomic E-state index is 10.8. The molecule has 0 aromatic heterocycles. The number of carbonyl (C=O) groups excluding carboxylic acids is 1. The molecule has 0 aliphatic rings. The number of halogens is 1. The molecular formula is C11H14ClNO3. The molecule has 4 nitrogen and oxygen atoms in total. The summed E-state index contributed by atoms with van der Waals surface area (Å²) in [6.45, 7) is 0.677. The Morgan fingerprint density at radius 2 is 2.25 bits per heavy atom. The highest BCUT2D eigenvalue weighted by molar-refractivity contribution is 6.32. The van der Waals surface area contributed by atoms with Gasteiger partial charge in [0, 0.05) is 6.54 Å². The van der Waals surface area contributed by atoms with Gasteiger partial charge in [0.1, 0.15) is 5.75 Å². The second kappa shape index (κ2) is 6.35. The minimum absolute atomic E-state index is 0.200. The third-order valence-corrected chi connectivity index (χ3v) is 2.32. The summed E-state index contributed by atoms with van der Waals surface area (Å²) >= 11 is 5.96. The molecule has 0 fully saturated rings. The Bertz CT molecular complexity index is 368. The van der Waals surface area contributed by atoms with Crippen molar-refractivity contribution in [1.82, 2.24) is 0 Å². The molecule has 0 heterocycles. The average molecular weight is 244 g/mol. The number of ether oxygens (including phenoxy) is 2. The molecule has 2 N–H and O–H groups in total. The summed E-state index contributed by atoms with van der Waals surface area (Å²) in [5.74, 6) is 0.234. The quantitative estimate of drug-likeness (QED) is 0.801. The van der Waals surface area contributed by atoms with Crippen LogP contribution in [0.2, 0.25) is 5.02 Å². The minimum Gasteiger partial charge on any atom is -0.491 e. The van der Waals surface area contributed by atoms with Crippen molar-refractivity contribution < 1.29 is 14.3 Å². The lowest BCUT2D eigenvalue weighted by molar-refractivity contribution is -0.141. The van der Waals surface area contributed by atoms with Gasteiger partial charge in [0.25, 0.3) is 0 Å². The summed E-state index contributed by atoms with van der Waals surface area (Å²) in [4.78, 5) is 10.8. The van der Waals surface area contributed by atoms with Gasteiger partial charge >= 0.3 is 5.97 Å². The van der Waals surface area contributed by atoms with Gasteiger partial charge in [-0.3, -0.25) is 4.79 Å². The van der Waals surface area contributed by atoms with Crippen molar-refractivity contribution in [2.75, 3.05) is 13.7 Å². The molecule has 0 radical (unpaired) electrons. The summed E-state index contributed by atoms with van der Waals surface area (Å²) in [5.41, 5.74) is 6.40. The molecule has 0 saturated carbocycles. The predicted molar refractivity (Wildman–Crippen MR) is 61.5 cm³/mol. The molecular weight excluding hydrogens is 230 g/mol. The Labute approximate surface area is 99.3 Å². The molecule has 0 bridgehead atoms. The van der Waals surface area contributed by atoms with E-state index in [1.807, 2.05) is 6.07 Å². The van der Waals surface area contributed by atoms with Crippen molar-refractivity contribution in [2.24, 2.45) is 5.73 Å². The number of rotatable bonds is 5. The van der Waals surface area contributed by atoms with E-state index in [1.165, 1.54) is 7.11 Å². The van der Waals surface area contributed by atoms with Crippen molar-refractivity contribution in [3.63, 3.8) is 0 Å². The van der Waals surface area contributed by atoms with Crippen LogP contribution in [-0.2, 0) is 16.1 Å². The van der Waals surface area contributed by atoms with Crippen LogP contribution in [0.15, 0.2) is 18.2 Å². The van der Waals surface area contributed by atoms with Gasteiger partial charge in [-0.1, -0.05) is 17.7 Å². The molecule has 0 amide bonds. The number of esters is 1. The molecule has 16 heavy (non-hydrogen) atoms. The van der Waals surface area contributed by atoms with Gasteiger partial charge < -0.3 is 15.2 Å². The average Bonchev–Trinajstić information content (AvgIpc) is 2.30. The monoisotopic (exact) mass is 243 g/mol. The Balaban J connectivity index is 2.51. The SMILES string of the molecule is COC(=O)CCOc1ccc(CN)cc1Cl. The zero-order chi connectivity index (χ0) is 12.0. The molecule has 1 rings (SSSR count). The highest BCUT2D eigenvalue weighted by Crippen LogP contribution is 2.25. The van der Waals surface area contributed by atoms with E-state index in [2.05, 4.69) is 4.74 Å². The van der Waals surface area contributed by atoms with Gasteiger partial charge in [0.15, 0.2) is 0 Å². The molecule has 0 aliphatic heterocycles. The van der Waals surface area contributed by atoms with Crippen LogP contribution in [0.1, 0.15) is 12.0 Å². The van der Waals surface area contributed by atoms with Gasteiger partial charge in [-0.15, -0.1) is 0 Å². The Hall–Kier alpha value is -1.26. The second-order valence-electron chi connectivity index (χ2n) is 3.14. The topological polar surface area (TPSA) is 61.5 Å². The van der Waals surface area contributed by atoms with Gasteiger partial charge in [-0.25, -0.2) is 0 Å². The Kier molecular flexibility index (Phi) is 5.08. The maximum Gasteiger partial charge on any atom is 0.308 e. The molecule has 0 saturated heterocycles. The summed E-state index contributed by atoms with van der Waals surface area (Å²) < 4.78 is 9.82. The molecule has 1 aromatic rings. The fraction of sp³-hybridized carbons (Fsp3) is 0.364. The van der Waals surface area contributed by atoms with E-state index < -0.39 is 0 Å². The molecule has 0 aliphatic carbocycles. The van der Waals surface area contributed by atoms with Crippen LogP contribution in [0, 0.1) is 0 Å². The summed E-state index contributed by atoms with van der Waals surface area (Å²) in [7, 11) is 1.34. The molecule has 1 aromatic carbocycles. The van der Waals surface area contributed by atoms with Gasteiger partial charge in [-0.2, -0.15) is 0 Å². The lowest BCUT2D eigenvalue weighted by Gasteiger charge is -2.08. The van der Waals surface area contributed by atoms with Crippen molar-refractivity contribution in [3.05, 3.63) is 28.8 Å². The van der Waals surface area contributed by atoms with Gasteiger partial charge in [0.05, 0.1) is 25.2 Å². The van der Waals surface area contributed by atoms with E-state index in [-0.39, 0.29) is 19.0 Å². The van der Waals surface area contributed by atoms with Crippen LogP contribution >= 0.6 is 11.6 Å². The molecule has 0 unspecified atom stereocenters. The van der Waals surface area contributed by atoms with E-state index in [0.717, 1.165) is 5.56 Å². The molecule has 88 valence electrons. The van der Waals surface area contributed by atoms with Crippen LogP contribution in [0.3, 0.4) is 0 Å². The zero-order valence-corrected chi connectivity index (χ0v) is 9.79. The van der Waals surface area contributed by atoms with Crippen LogP contribution in [0.25, 0.3) is 0 Å². The minimum atomic E-state index is -0.310. The van der Waals surface area contributed by atoms with E-state index in [1.54, 1.807) is 12.1 Å². The molecule has 5 heteroatoms. The Morgan fingerprint density at radius 1 is 1.50 bits per heavy atom. The number of carbonyl (C=O) groups is 1.